The lowest BCUT2D eigenvalue weighted by Crippen LogP contribution is -2.27. The average molecular weight is 267 g/mol. The zero-order valence-corrected chi connectivity index (χ0v) is 11.1. The van der Waals surface area contributed by atoms with Crippen molar-refractivity contribution in [2.24, 2.45) is 5.73 Å². The summed E-state index contributed by atoms with van der Waals surface area (Å²) in [5, 5.41) is 17.7. The predicted molar refractivity (Wildman–Crippen MR) is 70.8 cm³/mol. The normalized spacial score (nSPS) is 21.7. The number of hydrogen-bond donors (Lipinski definition) is 3. The Balaban J connectivity index is 2.10. The number of hydrogen-bond acceptors (Lipinski definition) is 5. The van der Waals surface area contributed by atoms with Gasteiger partial charge in [0.1, 0.15) is 5.75 Å². The minimum Gasteiger partial charge on any atom is -0.494 e. The van der Waals surface area contributed by atoms with Crippen molar-refractivity contribution in [3.8, 4) is 5.75 Å². The molecule has 0 aromatic heterocycles. The van der Waals surface area contributed by atoms with E-state index in [-0.39, 0.29) is 25.2 Å². The summed E-state index contributed by atoms with van der Waals surface area (Å²) in [5.41, 5.74) is 8.26. The van der Waals surface area contributed by atoms with Crippen molar-refractivity contribution in [3.05, 3.63) is 29.3 Å². The molecule has 1 aliphatic rings. The lowest BCUT2D eigenvalue weighted by atomic mass is 10.1. The van der Waals surface area contributed by atoms with E-state index in [1.54, 1.807) is 0 Å². The first kappa shape index (κ1) is 14.3. The van der Waals surface area contributed by atoms with E-state index in [1.807, 2.05) is 25.1 Å². The van der Waals surface area contributed by atoms with E-state index in [0.717, 1.165) is 23.3 Å². The Morgan fingerprint density at radius 2 is 2.21 bits per heavy atom. The van der Waals surface area contributed by atoms with E-state index in [0.29, 0.717) is 6.61 Å². The summed E-state index contributed by atoms with van der Waals surface area (Å²) in [6.45, 7) is 2.84. The van der Waals surface area contributed by atoms with Gasteiger partial charge in [0.2, 0.25) is 0 Å². The van der Waals surface area contributed by atoms with Crippen molar-refractivity contribution >= 4 is 0 Å². The molecule has 0 saturated heterocycles. The van der Waals surface area contributed by atoms with Gasteiger partial charge >= 0.3 is 0 Å². The fourth-order valence-corrected chi connectivity index (χ4v) is 2.45. The molecule has 0 heterocycles. The number of ether oxygens (including phenoxy) is 2. The van der Waals surface area contributed by atoms with Crippen molar-refractivity contribution in [1.29, 1.82) is 0 Å². The van der Waals surface area contributed by atoms with Crippen LogP contribution in [0.3, 0.4) is 0 Å². The Morgan fingerprint density at radius 1 is 1.42 bits per heavy atom. The van der Waals surface area contributed by atoms with Gasteiger partial charge in [0.15, 0.2) is 6.29 Å². The van der Waals surface area contributed by atoms with Crippen molar-refractivity contribution in [2.45, 2.75) is 38.2 Å². The first-order valence-electron chi connectivity index (χ1n) is 6.61. The fourth-order valence-electron chi connectivity index (χ4n) is 2.45. The minimum absolute atomic E-state index is 0.118. The first-order chi connectivity index (χ1) is 9.13. The van der Waals surface area contributed by atoms with Gasteiger partial charge in [-0.1, -0.05) is 12.1 Å². The smallest absolute Gasteiger partial charge is 0.153 e. The number of benzene rings is 1. The van der Waals surface area contributed by atoms with E-state index < -0.39 is 6.29 Å². The second kappa shape index (κ2) is 6.34. The lowest BCUT2D eigenvalue weighted by molar-refractivity contribution is -0.0713. The van der Waals surface area contributed by atoms with Gasteiger partial charge in [0.05, 0.1) is 19.3 Å². The van der Waals surface area contributed by atoms with Gasteiger partial charge in [-0.25, -0.2) is 0 Å². The fraction of sp³-hybridized carbons (Fsp3) is 0.571. The summed E-state index contributed by atoms with van der Waals surface area (Å²) in [5.74, 6) is 0.865. The summed E-state index contributed by atoms with van der Waals surface area (Å²) >= 11 is 0. The van der Waals surface area contributed by atoms with Crippen LogP contribution in [0.1, 0.15) is 30.6 Å². The summed E-state index contributed by atoms with van der Waals surface area (Å²) in [4.78, 5) is 0. The summed E-state index contributed by atoms with van der Waals surface area (Å²) in [6.07, 6.45) is -0.636. The van der Waals surface area contributed by atoms with Gasteiger partial charge in [-0.2, -0.15) is 0 Å². The summed E-state index contributed by atoms with van der Waals surface area (Å²) < 4.78 is 11.3. The van der Waals surface area contributed by atoms with Crippen molar-refractivity contribution < 1.29 is 19.7 Å². The summed E-state index contributed by atoms with van der Waals surface area (Å²) in [7, 11) is 0. The molecule has 1 aromatic rings. The highest BCUT2D eigenvalue weighted by molar-refractivity contribution is 5.46. The van der Waals surface area contributed by atoms with Gasteiger partial charge in [-0.3, -0.25) is 0 Å². The number of rotatable bonds is 6. The van der Waals surface area contributed by atoms with Crippen LogP contribution in [0, 0.1) is 0 Å². The van der Waals surface area contributed by atoms with Crippen LogP contribution in [0.15, 0.2) is 18.2 Å². The van der Waals surface area contributed by atoms with Crippen LogP contribution in [0.2, 0.25) is 0 Å². The summed E-state index contributed by atoms with van der Waals surface area (Å²) in [6, 6.07) is 5.74. The van der Waals surface area contributed by atoms with Crippen LogP contribution < -0.4 is 10.5 Å². The topological polar surface area (TPSA) is 84.9 Å². The highest BCUT2D eigenvalue weighted by Crippen LogP contribution is 2.38. The van der Waals surface area contributed by atoms with E-state index in [2.05, 4.69) is 0 Å². The maximum absolute atomic E-state index is 8.83. The second-order valence-electron chi connectivity index (χ2n) is 4.69. The molecule has 106 valence electrons. The lowest BCUT2D eigenvalue weighted by Gasteiger charge is -2.18. The Bertz CT molecular complexity index is 422. The maximum atomic E-state index is 8.83. The van der Waals surface area contributed by atoms with Gasteiger partial charge in [-0.05, 0) is 25.0 Å². The molecule has 5 heteroatoms. The molecular weight excluding hydrogens is 246 g/mol. The van der Waals surface area contributed by atoms with Crippen LogP contribution in [-0.2, 0) is 11.2 Å². The molecule has 0 fully saturated rings. The Morgan fingerprint density at radius 3 is 2.89 bits per heavy atom. The van der Waals surface area contributed by atoms with Crippen LogP contribution >= 0.6 is 0 Å². The van der Waals surface area contributed by atoms with Crippen molar-refractivity contribution in [2.75, 3.05) is 13.2 Å². The maximum Gasteiger partial charge on any atom is 0.153 e. The molecule has 0 bridgehead atoms. The van der Waals surface area contributed by atoms with E-state index in [1.165, 1.54) is 0 Å². The minimum atomic E-state index is -1.34. The average Bonchev–Trinajstić information content (AvgIpc) is 2.67. The largest absolute Gasteiger partial charge is 0.494 e. The number of aliphatic hydroxyl groups is 2. The molecule has 4 N–H and O–H groups in total. The highest BCUT2D eigenvalue weighted by Gasteiger charge is 2.32. The molecule has 2 unspecified atom stereocenters. The van der Waals surface area contributed by atoms with Gasteiger partial charge in [-0.15, -0.1) is 0 Å². The van der Waals surface area contributed by atoms with E-state index >= 15 is 0 Å². The molecule has 1 aliphatic carbocycles. The molecule has 0 spiro atoms. The Kier molecular flexibility index (Phi) is 4.76. The molecule has 0 amide bonds. The van der Waals surface area contributed by atoms with Crippen LogP contribution in [0.25, 0.3) is 0 Å². The van der Waals surface area contributed by atoms with Crippen LogP contribution in [0.4, 0.5) is 0 Å². The predicted octanol–water partition coefficient (Wildman–Crippen LogP) is 0.727. The molecule has 2 atom stereocenters. The van der Waals surface area contributed by atoms with Crippen LogP contribution in [-0.4, -0.2) is 35.8 Å². The van der Waals surface area contributed by atoms with Gasteiger partial charge in [0.25, 0.3) is 0 Å². The van der Waals surface area contributed by atoms with E-state index in [9.17, 15) is 0 Å². The van der Waals surface area contributed by atoms with Crippen molar-refractivity contribution in [1.82, 2.24) is 0 Å². The molecule has 19 heavy (non-hydrogen) atoms. The Hall–Kier alpha value is -1.14. The number of nitrogens with two attached hydrogens (primary N) is 1. The standard InChI is InChI=1S/C14H21NO4/c1-2-18-12-5-3-4-9-10(12)8-11(15)14(9)19-7-6-13(16)17/h3-5,11,13-14,16-17H,2,6-8,15H2,1H3. The molecule has 2 rings (SSSR count). The van der Waals surface area contributed by atoms with Gasteiger partial charge in [0, 0.05) is 18.0 Å². The number of fused-ring (bicyclic) bond motifs is 1. The second-order valence-corrected chi connectivity index (χ2v) is 4.69. The molecule has 5 nitrogen and oxygen atoms in total. The zero-order valence-electron chi connectivity index (χ0n) is 11.1. The van der Waals surface area contributed by atoms with E-state index in [4.69, 9.17) is 25.4 Å². The Labute approximate surface area is 113 Å². The third kappa shape index (κ3) is 3.25. The molecule has 0 radical (unpaired) electrons. The molecular formula is C14H21NO4. The third-order valence-corrected chi connectivity index (χ3v) is 3.28. The van der Waals surface area contributed by atoms with Crippen LogP contribution in [0.5, 0.6) is 5.75 Å². The molecule has 1 aromatic carbocycles. The van der Waals surface area contributed by atoms with Crippen molar-refractivity contribution in [3.63, 3.8) is 0 Å². The third-order valence-electron chi connectivity index (χ3n) is 3.28. The monoisotopic (exact) mass is 267 g/mol. The number of aliphatic hydroxyl groups excluding tert-OH is 1. The quantitative estimate of drug-likeness (QED) is 0.662. The van der Waals surface area contributed by atoms with Gasteiger partial charge < -0.3 is 25.4 Å². The SMILES string of the molecule is CCOc1cccc2c1CC(N)C2OCCC(O)O. The highest BCUT2D eigenvalue weighted by atomic mass is 16.5. The molecule has 0 saturated carbocycles. The zero-order chi connectivity index (χ0) is 13.8. The molecule has 0 aliphatic heterocycles. The first-order valence-corrected chi connectivity index (χ1v) is 6.61.